The minimum atomic E-state index is -0.999. The topological polar surface area (TPSA) is 79.5 Å². The first-order chi connectivity index (χ1) is 10.2. The van der Waals surface area contributed by atoms with Gasteiger partial charge in [0.15, 0.2) is 11.5 Å². The predicted octanol–water partition coefficient (Wildman–Crippen LogP) is 2.84. The number of rotatable bonds is 5. The van der Waals surface area contributed by atoms with E-state index in [1.807, 2.05) is 6.07 Å². The molecule has 0 bridgehead atoms. The highest BCUT2D eigenvalue weighted by molar-refractivity contribution is 5.89. The van der Waals surface area contributed by atoms with Crippen molar-refractivity contribution in [3.63, 3.8) is 0 Å². The summed E-state index contributed by atoms with van der Waals surface area (Å²) in [6.07, 6.45) is 0. The van der Waals surface area contributed by atoms with E-state index in [9.17, 15) is 4.79 Å². The Bertz CT molecular complexity index is 704. The molecule has 2 aromatic rings. The summed E-state index contributed by atoms with van der Waals surface area (Å²) in [4.78, 5) is 11.1. The Balaban J connectivity index is 2.21. The molecular formula is C16H13NO4. The van der Waals surface area contributed by atoms with Crippen molar-refractivity contribution in [2.75, 3.05) is 7.11 Å². The second-order valence-electron chi connectivity index (χ2n) is 4.23. The number of nitriles is 1. The smallest absolute Gasteiger partial charge is 0.336 e. The Morgan fingerprint density at radius 3 is 2.67 bits per heavy atom. The largest absolute Gasteiger partial charge is 0.493 e. The van der Waals surface area contributed by atoms with E-state index in [1.54, 1.807) is 36.4 Å². The Hall–Kier alpha value is -3.00. The van der Waals surface area contributed by atoms with Crippen molar-refractivity contribution in [2.45, 2.75) is 6.61 Å². The molecule has 0 aliphatic heterocycles. The maximum atomic E-state index is 11.1. The first kappa shape index (κ1) is 14.4. The third-order valence-corrected chi connectivity index (χ3v) is 2.92. The number of benzene rings is 2. The summed E-state index contributed by atoms with van der Waals surface area (Å²) in [6.45, 7) is 0.102. The van der Waals surface area contributed by atoms with Crippen LogP contribution in [0.25, 0.3) is 0 Å². The van der Waals surface area contributed by atoms with Gasteiger partial charge < -0.3 is 14.6 Å². The van der Waals surface area contributed by atoms with E-state index in [1.165, 1.54) is 13.2 Å². The van der Waals surface area contributed by atoms with Crippen molar-refractivity contribution >= 4 is 5.97 Å². The van der Waals surface area contributed by atoms with Gasteiger partial charge in [0.05, 0.1) is 24.3 Å². The van der Waals surface area contributed by atoms with Gasteiger partial charge >= 0.3 is 5.97 Å². The van der Waals surface area contributed by atoms with E-state index < -0.39 is 5.97 Å². The molecule has 0 aliphatic carbocycles. The molecule has 0 atom stereocenters. The molecule has 5 heteroatoms. The van der Waals surface area contributed by atoms with Crippen molar-refractivity contribution in [2.24, 2.45) is 0 Å². The van der Waals surface area contributed by atoms with Gasteiger partial charge in [0.1, 0.15) is 6.61 Å². The molecule has 5 nitrogen and oxygen atoms in total. The number of carbonyl (C=O) groups is 1. The zero-order chi connectivity index (χ0) is 15.2. The van der Waals surface area contributed by atoms with E-state index >= 15 is 0 Å². The third kappa shape index (κ3) is 3.31. The van der Waals surface area contributed by atoms with Gasteiger partial charge in [-0.2, -0.15) is 5.26 Å². The van der Waals surface area contributed by atoms with Crippen LogP contribution in [-0.2, 0) is 6.61 Å². The van der Waals surface area contributed by atoms with Gasteiger partial charge in [-0.15, -0.1) is 0 Å². The van der Waals surface area contributed by atoms with E-state index in [0.717, 1.165) is 0 Å². The molecule has 0 saturated heterocycles. The molecule has 2 aromatic carbocycles. The third-order valence-electron chi connectivity index (χ3n) is 2.92. The van der Waals surface area contributed by atoms with Crippen LogP contribution < -0.4 is 9.47 Å². The summed E-state index contributed by atoms with van der Waals surface area (Å²) >= 11 is 0. The number of ether oxygens (including phenoxy) is 2. The highest BCUT2D eigenvalue weighted by Gasteiger charge is 2.11. The lowest BCUT2D eigenvalue weighted by Crippen LogP contribution is -2.05. The molecule has 0 heterocycles. The van der Waals surface area contributed by atoms with Gasteiger partial charge in [-0.3, -0.25) is 0 Å². The number of aromatic carboxylic acids is 1. The number of hydrogen-bond acceptors (Lipinski definition) is 4. The molecule has 2 rings (SSSR count). The Kier molecular flexibility index (Phi) is 4.42. The Morgan fingerprint density at radius 1 is 1.24 bits per heavy atom. The quantitative estimate of drug-likeness (QED) is 0.912. The van der Waals surface area contributed by atoms with Crippen LogP contribution >= 0.6 is 0 Å². The van der Waals surface area contributed by atoms with Crippen LogP contribution in [0.1, 0.15) is 21.5 Å². The molecule has 0 fully saturated rings. The second-order valence-corrected chi connectivity index (χ2v) is 4.23. The Labute approximate surface area is 122 Å². The van der Waals surface area contributed by atoms with Crippen LogP contribution in [-0.4, -0.2) is 18.2 Å². The van der Waals surface area contributed by atoms with Crippen molar-refractivity contribution in [3.05, 3.63) is 59.2 Å². The Morgan fingerprint density at radius 2 is 2.00 bits per heavy atom. The summed E-state index contributed by atoms with van der Waals surface area (Å²) in [6, 6.07) is 13.5. The first-order valence-electron chi connectivity index (χ1n) is 6.18. The van der Waals surface area contributed by atoms with Gasteiger partial charge in [-0.25, -0.2) is 4.79 Å². The lowest BCUT2D eigenvalue weighted by atomic mass is 10.1. The van der Waals surface area contributed by atoms with Crippen LogP contribution in [0.15, 0.2) is 42.5 Å². The molecule has 106 valence electrons. The monoisotopic (exact) mass is 283 g/mol. The van der Waals surface area contributed by atoms with Crippen LogP contribution in [0, 0.1) is 11.3 Å². The van der Waals surface area contributed by atoms with Crippen LogP contribution in [0.2, 0.25) is 0 Å². The lowest BCUT2D eigenvalue weighted by Gasteiger charge is -2.12. The van der Waals surface area contributed by atoms with Gasteiger partial charge in [0.2, 0.25) is 0 Å². The predicted molar refractivity (Wildman–Crippen MR) is 75.4 cm³/mol. The maximum absolute atomic E-state index is 11.1. The van der Waals surface area contributed by atoms with Crippen molar-refractivity contribution in [1.29, 1.82) is 5.26 Å². The molecule has 0 spiro atoms. The van der Waals surface area contributed by atoms with E-state index in [2.05, 4.69) is 0 Å². The molecule has 0 unspecified atom stereocenters. The van der Waals surface area contributed by atoms with Crippen molar-refractivity contribution < 1.29 is 19.4 Å². The van der Waals surface area contributed by atoms with E-state index in [0.29, 0.717) is 22.6 Å². The zero-order valence-corrected chi connectivity index (χ0v) is 11.4. The number of carboxylic acids is 1. The summed E-state index contributed by atoms with van der Waals surface area (Å²) < 4.78 is 10.8. The second kappa shape index (κ2) is 6.44. The van der Waals surface area contributed by atoms with Gasteiger partial charge in [-0.1, -0.05) is 18.2 Å². The van der Waals surface area contributed by atoms with Crippen molar-refractivity contribution in [3.8, 4) is 17.6 Å². The summed E-state index contributed by atoms with van der Waals surface area (Å²) in [5.74, 6) is -0.112. The summed E-state index contributed by atoms with van der Waals surface area (Å²) in [5, 5.41) is 18.0. The van der Waals surface area contributed by atoms with Crippen LogP contribution in [0.4, 0.5) is 0 Å². The number of hydrogen-bond donors (Lipinski definition) is 1. The van der Waals surface area contributed by atoms with E-state index in [-0.39, 0.29) is 12.2 Å². The summed E-state index contributed by atoms with van der Waals surface area (Å²) in [7, 11) is 1.48. The average molecular weight is 283 g/mol. The summed E-state index contributed by atoms with van der Waals surface area (Å²) in [5.41, 5.74) is 1.23. The minimum absolute atomic E-state index is 0.102. The molecule has 0 aromatic heterocycles. The lowest BCUT2D eigenvalue weighted by molar-refractivity contribution is 0.0694. The molecule has 0 saturated carbocycles. The highest BCUT2D eigenvalue weighted by Crippen LogP contribution is 2.28. The number of nitrogens with zero attached hydrogens (tertiary/aromatic N) is 1. The van der Waals surface area contributed by atoms with Crippen LogP contribution in [0.3, 0.4) is 0 Å². The zero-order valence-electron chi connectivity index (χ0n) is 11.4. The van der Waals surface area contributed by atoms with E-state index in [4.69, 9.17) is 19.8 Å². The highest BCUT2D eigenvalue weighted by atomic mass is 16.5. The number of methoxy groups -OCH3 is 1. The molecule has 0 amide bonds. The average Bonchev–Trinajstić information content (AvgIpc) is 2.52. The SMILES string of the molecule is COc1cc(C#N)ccc1OCc1ccccc1C(=O)O. The minimum Gasteiger partial charge on any atom is -0.493 e. The molecule has 0 aliphatic rings. The maximum Gasteiger partial charge on any atom is 0.336 e. The molecule has 1 N–H and O–H groups in total. The van der Waals surface area contributed by atoms with Crippen molar-refractivity contribution in [1.82, 2.24) is 0 Å². The van der Waals surface area contributed by atoms with Gasteiger partial charge in [0, 0.05) is 11.6 Å². The number of carboxylic acid groups (broad SMARTS) is 1. The molecule has 0 radical (unpaired) electrons. The molecule has 21 heavy (non-hydrogen) atoms. The normalized spacial score (nSPS) is 9.71. The van der Waals surface area contributed by atoms with Gasteiger partial charge in [-0.05, 0) is 18.2 Å². The first-order valence-corrected chi connectivity index (χ1v) is 6.18. The fraction of sp³-hybridized carbons (Fsp3) is 0.125. The molecular weight excluding hydrogens is 270 g/mol. The van der Waals surface area contributed by atoms with Gasteiger partial charge in [0.25, 0.3) is 0 Å². The fourth-order valence-corrected chi connectivity index (χ4v) is 1.87. The fourth-order valence-electron chi connectivity index (χ4n) is 1.87. The standard InChI is InChI=1S/C16H13NO4/c1-20-15-8-11(9-17)6-7-14(15)21-10-12-4-2-3-5-13(12)16(18)19/h2-8H,10H2,1H3,(H,18,19). The van der Waals surface area contributed by atoms with Crippen LogP contribution in [0.5, 0.6) is 11.5 Å².